The number of nitrogens with one attached hydrogen (secondary N) is 1. The minimum absolute atomic E-state index is 0.304. The summed E-state index contributed by atoms with van der Waals surface area (Å²) in [7, 11) is 0. The number of ether oxygens (including phenoxy) is 3. The van der Waals surface area contributed by atoms with Gasteiger partial charge in [0, 0.05) is 0 Å². The zero-order valence-corrected chi connectivity index (χ0v) is 16.6. The van der Waals surface area contributed by atoms with Crippen LogP contribution in [0.25, 0.3) is 6.08 Å². The fourth-order valence-corrected chi connectivity index (χ4v) is 3.31. The molecule has 146 valence electrons. The molecule has 0 aromatic heterocycles. The predicted octanol–water partition coefficient (Wildman–Crippen LogP) is 4.52. The van der Waals surface area contributed by atoms with Crippen LogP contribution in [0.4, 0.5) is 4.79 Å². The molecule has 2 aromatic rings. The summed E-state index contributed by atoms with van der Waals surface area (Å²) in [6.45, 7) is 2.95. The van der Waals surface area contributed by atoms with E-state index in [0.717, 1.165) is 17.3 Å². The summed E-state index contributed by atoms with van der Waals surface area (Å²) in [5.41, 5.74) is 0.732. The molecule has 0 spiro atoms. The van der Waals surface area contributed by atoms with E-state index in [4.69, 9.17) is 25.8 Å². The lowest BCUT2D eigenvalue weighted by Crippen LogP contribution is -2.17. The largest absolute Gasteiger partial charge is 0.490 e. The Kier molecular flexibility index (Phi) is 6.84. The summed E-state index contributed by atoms with van der Waals surface area (Å²) in [6.07, 6.45) is 1.64. The van der Waals surface area contributed by atoms with Gasteiger partial charge in [-0.25, -0.2) is 0 Å². The lowest BCUT2D eigenvalue weighted by molar-refractivity contribution is -0.115. The average molecular weight is 420 g/mol. The molecule has 0 bridgehead atoms. The van der Waals surface area contributed by atoms with Gasteiger partial charge >= 0.3 is 0 Å². The molecule has 2 amide bonds. The first-order valence-electron chi connectivity index (χ1n) is 8.58. The molecule has 1 aliphatic heterocycles. The second kappa shape index (κ2) is 9.52. The molecule has 1 N–H and O–H groups in total. The minimum Gasteiger partial charge on any atom is -0.490 e. The smallest absolute Gasteiger partial charge is 0.290 e. The van der Waals surface area contributed by atoms with Gasteiger partial charge in [0.15, 0.2) is 11.5 Å². The fraction of sp³-hybridized carbons (Fsp3) is 0.200. The number of imide groups is 1. The highest BCUT2D eigenvalue weighted by Gasteiger charge is 2.25. The zero-order valence-electron chi connectivity index (χ0n) is 15.1. The third kappa shape index (κ3) is 5.21. The summed E-state index contributed by atoms with van der Waals surface area (Å²) >= 11 is 6.92. The number of para-hydroxylation sites is 1. The van der Waals surface area contributed by atoms with Crippen molar-refractivity contribution in [3.63, 3.8) is 0 Å². The standard InChI is InChI=1S/C20H18ClNO5S/c1-2-25-17-11-13(12-18-19(23)22-20(24)28-18)7-8-16(17)27-10-9-26-15-6-4-3-5-14(15)21/h3-8,11-12H,2,9-10H2,1H3,(H,22,23,24). The number of amides is 2. The molecule has 0 radical (unpaired) electrons. The highest BCUT2D eigenvalue weighted by molar-refractivity contribution is 8.18. The summed E-state index contributed by atoms with van der Waals surface area (Å²) in [5.74, 6) is 1.31. The van der Waals surface area contributed by atoms with E-state index in [1.165, 1.54) is 0 Å². The van der Waals surface area contributed by atoms with Crippen LogP contribution in [0.3, 0.4) is 0 Å². The Morgan fingerprint density at radius 1 is 1.00 bits per heavy atom. The number of thioether (sulfide) groups is 1. The lowest BCUT2D eigenvalue weighted by Gasteiger charge is -2.13. The van der Waals surface area contributed by atoms with Crippen LogP contribution in [-0.4, -0.2) is 31.0 Å². The first-order valence-corrected chi connectivity index (χ1v) is 9.78. The van der Waals surface area contributed by atoms with Crippen molar-refractivity contribution in [3.05, 3.63) is 58.0 Å². The van der Waals surface area contributed by atoms with Gasteiger partial charge in [0.2, 0.25) is 0 Å². The minimum atomic E-state index is -0.398. The van der Waals surface area contributed by atoms with Crippen molar-refractivity contribution in [2.75, 3.05) is 19.8 Å². The molecule has 0 atom stereocenters. The van der Waals surface area contributed by atoms with Gasteiger partial charge in [-0.15, -0.1) is 0 Å². The summed E-state index contributed by atoms with van der Waals surface area (Å²) in [6, 6.07) is 12.5. The van der Waals surface area contributed by atoms with Gasteiger partial charge < -0.3 is 14.2 Å². The van der Waals surface area contributed by atoms with E-state index < -0.39 is 5.91 Å². The maximum absolute atomic E-state index is 11.7. The predicted molar refractivity (Wildman–Crippen MR) is 109 cm³/mol. The third-order valence-corrected chi connectivity index (χ3v) is 4.77. The SMILES string of the molecule is CCOc1cc(C=C2SC(=O)NC2=O)ccc1OCCOc1ccccc1Cl. The Hall–Kier alpha value is -2.64. The molecule has 0 saturated carbocycles. The fourth-order valence-electron chi connectivity index (χ4n) is 2.44. The van der Waals surface area contributed by atoms with Gasteiger partial charge in [0.1, 0.15) is 19.0 Å². The molecular formula is C20H18ClNO5S. The van der Waals surface area contributed by atoms with Crippen molar-refractivity contribution in [1.29, 1.82) is 0 Å². The van der Waals surface area contributed by atoms with Crippen LogP contribution in [0.2, 0.25) is 5.02 Å². The number of carbonyl (C=O) groups excluding carboxylic acids is 2. The number of benzene rings is 2. The van der Waals surface area contributed by atoms with Crippen LogP contribution in [-0.2, 0) is 4.79 Å². The molecule has 1 aliphatic rings. The normalized spacial score (nSPS) is 14.9. The molecule has 1 fully saturated rings. The molecule has 8 heteroatoms. The van der Waals surface area contributed by atoms with Crippen molar-refractivity contribution >= 4 is 40.6 Å². The van der Waals surface area contributed by atoms with Crippen LogP contribution in [0.1, 0.15) is 12.5 Å². The van der Waals surface area contributed by atoms with Crippen LogP contribution in [0, 0.1) is 0 Å². The molecule has 3 rings (SSSR count). The number of hydrogen-bond donors (Lipinski definition) is 1. The van der Waals surface area contributed by atoms with E-state index >= 15 is 0 Å². The van der Waals surface area contributed by atoms with E-state index in [9.17, 15) is 9.59 Å². The van der Waals surface area contributed by atoms with Crippen LogP contribution in [0.5, 0.6) is 17.2 Å². The van der Waals surface area contributed by atoms with Gasteiger partial charge in [-0.3, -0.25) is 14.9 Å². The van der Waals surface area contributed by atoms with Gasteiger partial charge in [-0.05, 0) is 54.6 Å². The van der Waals surface area contributed by atoms with Crippen molar-refractivity contribution in [2.45, 2.75) is 6.92 Å². The average Bonchev–Trinajstić information content (AvgIpc) is 2.99. The second-order valence-corrected chi connectivity index (χ2v) is 7.04. The molecule has 0 unspecified atom stereocenters. The summed E-state index contributed by atoms with van der Waals surface area (Å²) in [4.78, 5) is 23.3. The van der Waals surface area contributed by atoms with Gasteiger partial charge in [0.25, 0.3) is 11.1 Å². The van der Waals surface area contributed by atoms with E-state index in [0.29, 0.717) is 47.0 Å². The molecule has 0 aliphatic carbocycles. The van der Waals surface area contributed by atoms with Gasteiger partial charge in [0.05, 0.1) is 16.5 Å². The Morgan fingerprint density at radius 3 is 2.43 bits per heavy atom. The number of rotatable bonds is 8. The second-order valence-electron chi connectivity index (χ2n) is 5.62. The van der Waals surface area contributed by atoms with E-state index in [-0.39, 0.29) is 5.24 Å². The van der Waals surface area contributed by atoms with E-state index in [1.54, 1.807) is 36.4 Å². The Morgan fingerprint density at radius 2 is 1.75 bits per heavy atom. The number of carbonyl (C=O) groups is 2. The van der Waals surface area contributed by atoms with Crippen molar-refractivity contribution < 1.29 is 23.8 Å². The topological polar surface area (TPSA) is 73.9 Å². The van der Waals surface area contributed by atoms with Crippen molar-refractivity contribution in [1.82, 2.24) is 5.32 Å². The Balaban J connectivity index is 1.64. The molecule has 28 heavy (non-hydrogen) atoms. The maximum Gasteiger partial charge on any atom is 0.290 e. The Bertz CT molecular complexity index is 915. The van der Waals surface area contributed by atoms with Crippen LogP contribution < -0.4 is 19.5 Å². The molecule has 1 saturated heterocycles. The van der Waals surface area contributed by atoms with E-state index in [1.807, 2.05) is 19.1 Å². The molecule has 6 nitrogen and oxygen atoms in total. The lowest BCUT2D eigenvalue weighted by atomic mass is 10.2. The number of hydrogen-bond acceptors (Lipinski definition) is 6. The van der Waals surface area contributed by atoms with Gasteiger partial charge in [-0.2, -0.15) is 0 Å². The molecule has 1 heterocycles. The quantitative estimate of drug-likeness (QED) is 0.501. The maximum atomic E-state index is 11.7. The Labute approximate surface area is 171 Å². The number of halogens is 1. The molecule has 2 aromatic carbocycles. The van der Waals surface area contributed by atoms with Crippen LogP contribution in [0.15, 0.2) is 47.4 Å². The van der Waals surface area contributed by atoms with Crippen LogP contribution >= 0.6 is 23.4 Å². The highest BCUT2D eigenvalue weighted by Crippen LogP contribution is 2.32. The first kappa shape index (κ1) is 20.1. The van der Waals surface area contributed by atoms with Crippen molar-refractivity contribution in [3.8, 4) is 17.2 Å². The first-order chi connectivity index (χ1) is 13.6. The van der Waals surface area contributed by atoms with Crippen molar-refractivity contribution in [2.24, 2.45) is 0 Å². The third-order valence-electron chi connectivity index (χ3n) is 3.64. The van der Waals surface area contributed by atoms with E-state index in [2.05, 4.69) is 5.32 Å². The van der Waals surface area contributed by atoms with Gasteiger partial charge in [-0.1, -0.05) is 29.8 Å². The summed E-state index contributed by atoms with van der Waals surface area (Å²) < 4.78 is 17.0. The molecular weight excluding hydrogens is 402 g/mol. The zero-order chi connectivity index (χ0) is 19.9. The monoisotopic (exact) mass is 419 g/mol. The highest BCUT2D eigenvalue weighted by atomic mass is 35.5. The summed E-state index contributed by atoms with van der Waals surface area (Å²) in [5, 5.41) is 2.40.